The fourth-order valence-corrected chi connectivity index (χ4v) is 4.98. The topological polar surface area (TPSA) is 115 Å². The van der Waals surface area contributed by atoms with E-state index in [1.165, 1.54) is 12.1 Å². The third-order valence-electron chi connectivity index (χ3n) is 5.13. The normalized spacial score (nSPS) is 15.6. The molecule has 5 rings (SSSR count). The van der Waals surface area contributed by atoms with Crippen molar-refractivity contribution < 1.29 is 22.4 Å². The minimum absolute atomic E-state index is 0.0920. The first-order valence-electron chi connectivity index (χ1n) is 9.69. The van der Waals surface area contributed by atoms with Gasteiger partial charge in [-0.05, 0) is 29.0 Å². The van der Waals surface area contributed by atoms with Crippen LogP contribution in [0.1, 0.15) is 11.1 Å². The second kappa shape index (κ2) is 7.61. The first-order valence-corrected chi connectivity index (χ1v) is 11.2. The van der Waals surface area contributed by atoms with Crippen LogP contribution in [0, 0.1) is 0 Å². The highest BCUT2D eigenvalue weighted by Gasteiger charge is 2.30. The minimum Gasteiger partial charge on any atom is -0.459 e. The number of carbonyl (C=O) groups is 1. The number of hydrogen-bond acceptors (Lipinski definition) is 7. The lowest BCUT2D eigenvalue weighted by Crippen LogP contribution is -2.23. The quantitative estimate of drug-likeness (QED) is 0.292. The van der Waals surface area contributed by atoms with E-state index in [9.17, 15) is 18.0 Å². The summed E-state index contributed by atoms with van der Waals surface area (Å²) in [5.41, 5.74) is 0.773. The van der Waals surface area contributed by atoms with Crippen molar-refractivity contribution in [3.63, 3.8) is 0 Å². The number of carbonyl (C=O) groups excluding carboxylic acids is 1. The molecular weight excluding hydrogens is 432 g/mol. The number of rotatable bonds is 4. The maximum absolute atomic E-state index is 12.3. The summed E-state index contributed by atoms with van der Waals surface area (Å²) in [5.74, 6) is -0.572. The molecule has 1 aliphatic heterocycles. The molecule has 0 aliphatic carbocycles. The maximum Gasteiger partial charge on any atom is 0.336 e. The van der Waals surface area contributed by atoms with Gasteiger partial charge in [0.15, 0.2) is 0 Å². The van der Waals surface area contributed by atoms with Gasteiger partial charge in [-0.1, -0.05) is 42.5 Å². The molecule has 0 bridgehead atoms. The van der Waals surface area contributed by atoms with Crippen LogP contribution < -0.4 is 10.3 Å². The summed E-state index contributed by atoms with van der Waals surface area (Å²) >= 11 is 0. The molecule has 9 heteroatoms. The highest BCUT2D eigenvalue weighted by molar-refractivity contribution is 7.90. The smallest absolute Gasteiger partial charge is 0.336 e. The van der Waals surface area contributed by atoms with Gasteiger partial charge in [-0.15, -0.1) is 0 Å². The zero-order valence-electron chi connectivity index (χ0n) is 16.6. The first-order chi connectivity index (χ1) is 15.4. The van der Waals surface area contributed by atoms with E-state index in [1.54, 1.807) is 24.3 Å². The summed E-state index contributed by atoms with van der Waals surface area (Å²) < 4.78 is 37.2. The molecule has 0 spiro atoms. The van der Waals surface area contributed by atoms with E-state index < -0.39 is 21.6 Å². The van der Waals surface area contributed by atoms with Crippen LogP contribution in [0.5, 0.6) is 0 Å². The lowest BCUT2D eigenvalue weighted by molar-refractivity contribution is -0.143. The summed E-state index contributed by atoms with van der Waals surface area (Å²) in [4.78, 5) is 28.5. The molecule has 2 heterocycles. The molecule has 8 nitrogen and oxygen atoms in total. The van der Waals surface area contributed by atoms with Crippen molar-refractivity contribution in [2.45, 2.75) is 11.5 Å². The van der Waals surface area contributed by atoms with Crippen molar-refractivity contribution in [2.75, 3.05) is 6.54 Å². The van der Waals surface area contributed by atoms with Crippen LogP contribution in [0.25, 0.3) is 21.7 Å². The van der Waals surface area contributed by atoms with Gasteiger partial charge in [-0.2, -0.15) is 0 Å². The van der Waals surface area contributed by atoms with E-state index in [1.807, 2.05) is 30.3 Å². The molecular formula is C23H16N2O6S. The van der Waals surface area contributed by atoms with Crippen molar-refractivity contribution >= 4 is 43.6 Å². The molecule has 0 unspecified atom stereocenters. The molecule has 3 aromatic carbocycles. The van der Waals surface area contributed by atoms with E-state index in [2.05, 4.69) is 9.71 Å². The Bertz CT molecular complexity index is 1590. The van der Waals surface area contributed by atoms with Gasteiger partial charge in [-0.3, -0.25) is 14.5 Å². The van der Waals surface area contributed by atoms with Crippen LogP contribution in [-0.2, 0) is 26.2 Å². The van der Waals surface area contributed by atoms with Crippen LogP contribution in [0.3, 0.4) is 0 Å². The Hall–Kier alpha value is -3.98. The Morgan fingerprint density at radius 3 is 2.69 bits per heavy atom. The van der Waals surface area contributed by atoms with E-state index in [0.717, 1.165) is 10.8 Å². The van der Waals surface area contributed by atoms with Gasteiger partial charge in [0.1, 0.15) is 24.6 Å². The molecule has 4 aromatic rings. The Morgan fingerprint density at radius 2 is 1.81 bits per heavy atom. The highest BCUT2D eigenvalue weighted by Crippen LogP contribution is 2.28. The fraction of sp³-hybridized carbons (Fsp3) is 0.0870. The van der Waals surface area contributed by atoms with E-state index in [-0.39, 0.29) is 23.9 Å². The number of esters is 1. The monoisotopic (exact) mass is 448 g/mol. The average molecular weight is 448 g/mol. The van der Waals surface area contributed by atoms with Gasteiger partial charge < -0.3 is 9.15 Å². The third kappa shape index (κ3) is 3.52. The Kier molecular flexibility index (Phi) is 4.75. The van der Waals surface area contributed by atoms with Crippen molar-refractivity contribution in [1.82, 2.24) is 4.72 Å². The summed E-state index contributed by atoms with van der Waals surface area (Å²) in [7, 11) is -3.69. The molecule has 0 atom stereocenters. The molecule has 0 radical (unpaired) electrons. The fourth-order valence-electron chi connectivity index (χ4n) is 3.73. The number of hydrogen-bond donors (Lipinski definition) is 1. The molecule has 1 N–H and O–H groups in total. The predicted molar refractivity (Wildman–Crippen MR) is 118 cm³/mol. The summed E-state index contributed by atoms with van der Waals surface area (Å²) in [6.07, 6.45) is 0. The molecule has 0 amide bonds. The number of benzene rings is 3. The molecule has 1 aliphatic rings. The van der Waals surface area contributed by atoms with E-state index >= 15 is 0 Å². The Labute approximate surface area is 182 Å². The maximum atomic E-state index is 12.3. The first kappa shape index (κ1) is 20.0. The van der Waals surface area contributed by atoms with Crippen LogP contribution in [0.4, 0.5) is 0 Å². The highest BCUT2D eigenvalue weighted by atomic mass is 32.2. The lowest BCUT2D eigenvalue weighted by Gasteiger charge is -2.09. The molecule has 0 fully saturated rings. The number of sulfonamides is 1. The standard InChI is InChI=1S/C23H16N2O6S/c26-20-11-15(22-16-6-2-1-5-14(16)9-10-18(22)31-20)13-30-21(27)12-24-23-17-7-3-4-8-19(17)32(28,29)25-23/h1-11H,12-13H2,(H,24,25). The number of aliphatic imine (C=N–C) groups is 1. The number of ether oxygens (including phenoxy) is 1. The second-order valence-corrected chi connectivity index (χ2v) is 8.83. The van der Waals surface area contributed by atoms with Crippen LogP contribution >= 0.6 is 0 Å². The zero-order chi connectivity index (χ0) is 22.3. The van der Waals surface area contributed by atoms with Crippen molar-refractivity contribution in [3.8, 4) is 0 Å². The van der Waals surface area contributed by atoms with E-state index in [4.69, 9.17) is 9.15 Å². The van der Waals surface area contributed by atoms with Crippen molar-refractivity contribution in [1.29, 1.82) is 0 Å². The van der Waals surface area contributed by atoms with Gasteiger partial charge in [0.05, 0.1) is 4.90 Å². The second-order valence-electron chi connectivity index (χ2n) is 7.18. The number of fused-ring (bicyclic) bond motifs is 4. The van der Waals surface area contributed by atoms with Gasteiger partial charge >= 0.3 is 11.6 Å². The SMILES string of the molecule is O=C(CN=C1NS(=O)(=O)c2ccccc21)OCc1cc(=O)oc2ccc3ccccc3c12. The van der Waals surface area contributed by atoms with Crippen LogP contribution in [0.2, 0.25) is 0 Å². The van der Waals surface area contributed by atoms with Crippen LogP contribution in [0.15, 0.2) is 85.8 Å². The number of amidine groups is 1. The number of nitrogens with one attached hydrogen (secondary N) is 1. The van der Waals surface area contributed by atoms with Crippen molar-refractivity contribution in [3.05, 3.63) is 88.3 Å². The molecule has 0 saturated carbocycles. The van der Waals surface area contributed by atoms with Gasteiger partial charge in [0.25, 0.3) is 10.0 Å². The van der Waals surface area contributed by atoms with E-state index in [0.29, 0.717) is 22.1 Å². The predicted octanol–water partition coefficient (Wildman–Crippen LogP) is 2.73. The Morgan fingerprint density at radius 1 is 1.03 bits per heavy atom. The van der Waals surface area contributed by atoms with Crippen LogP contribution in [-0.4, -0.2) is 26.8 Å². The van der Waals surface area contributed by atoms with Crippen molar-refractivity contribution in [2.24, 2.45) is 4.99 Å². The summed E-state index contributed by atoms with van der Waals surface area (Å²) in [6, 6.07) is 18.9. The molecule has 1 aromatic heterocycles. The summed E-state index contributed by atoms with van der Waals surface area (Å²) in [5, 5.41) is 2.52. The molecule has 32 heavy (non-hydrogen) atoms. The van der Waals surface area contributed by atoms with Gasteiger partial charge in [0, 0.05) is 22.6 Å². The average Bonchev–Trinajstić information content (AvgIpc) is 3.06. The van der Waals surface area contributed by atoms with Gasteiger partial charge in [0.2, 0.25) is 0 Å². The number of nitrogens with zero attached hydrogens (tertiary/aromatic N) is 1. The lowest BCUT2D eigenvalue weighted by atomic mass is 10.0. The minimum atomic E-state index is -3.69. The summed E-state index contributed by atoms with van der Waals surface area (Å²) in [6.45, 7) is -0.533. The van der Waals surface area contributed by atoms with Gasteiger partial charge in [-0.25, -0.2) is 13.2 Å². The molecule has 160 valence electrons. The third-order valence-corrected chi connectivity index (χ3v) is 6.53. The molecule has 0 saturated heterocycles. The Balaban J connectivity index is 1.39. The largest absolute Gasteiger partial charge is 0.459 e. The zero-order valence-corrected chi connectivity index (χ0v) is 17.4.